The molecule has 3 N–H and O–H groups in total. The smallest absolute Gasteiger partial charge is 0.252 e. The summed E-state index contributed by atoms with van der Waals surface area (Å²) in [5.41, 5.74) is 2.06. The molecule has 0 radical (unpaired) electrons. The number of hydrogen-bond acceptors (Lipinski definition) is 3. The van der Waals surface area contributed by atoms with Gasteiger partial charge >= 0.3 is 0 Å². The summed E-state index contributed by atoms with van der Waals surface area (Å²) in [6.45, 7) is 4.60. The minimum Gasteiger partial charge on any atom is -0.355 e. The van der Waals surface area contributed by atoms with Crippen molar-refractivity contribution in [2.24, 2.45) is 23.2 Å². The summed E-state index contributed by atoms with van der Waals surface area (Å²) < 4.78 is 0. The van der Waals surface area contributed by atoms with Crippen LogP contribution in [-0.2, 0) is 11.2 Å². The van der Waals surface area contributed by atoms with Gasteiger partial charge in [0.1, 0.15) is 0 Å². The van der Waals surface area contributed by atoms with Crippen molar-refractivity contribution in [3.8, 4) is 0 Å². The Balaban J connectivity index is 1.25. The van der Waals surface area contributed by atoms with Crippen LogP contribution < -0.4 is 16.0 Å². The predicted molar refractivity (Wildman–Crippen MR) is 124 cm³/mol. The zero-order chi connectivity index (χ0) is 21.8. The van der Waals surface area contributed by atoms with Crippen LogP contribution in [0.1, 0.15) is 67.8 Å². The number of rotatable bonds is 10. The van der Waals surface area contributed by atoms with Gasteiger partial charge in [0.15, 0.2) is 0 Å². The van der Waals surface area contributed by atoms with Crippen molar-refractivity contribution in [1.82, 2.24) is 16.0 Å². The molecule has 0 saturated heterocycles. The molecule has 0 spiro atoms. The molecule has 0 aromatic heterocycles. The first-order valence-electron chi connectivity index (χ1n) is 11.9. The lowest BCUT2D eigenvalue weighted by Crippen LogP contribution is -2.51. The maximum atomic E-state index is 13.0. The van der Waals surface area contributed by atoms with Crippen LogP contribution in [0.25, 0.3) is 0 Å². The molecule has 0 aliphatic heterocycles. The summed E-state index contributed by atoms with van der Waals surface area (Å²) in [4.78, 5) is 23.8. The van der Waals surface area contributed by atoms with Gasteiger partial charge in [-0.25, -0.2) is 0 Å². The molecule has 6 heteroatoms. The fourth-order valence-corrected chi connectivity index (χ4v) is 6.84. The van der Waals surface area contributed by atoms with Crippen LogP contribution in [0.2, 0.25) is 5.02 Å². The SMILES string of the molecule is CC(=O)NCCNCCCc1ccc(Cl)c(C(=O)NCC23CC4CC(CC(C4)C2)C3)c1. The maximum Gasteiger partial charge on any atom is 0.252 e. The Bertz CT molecular complexity index is 775. The van der Waals surface area contributed by atoms with E-state index in [1.54, 1.807) is 0 Å². The number of amides is 2. The van der Waals surface area contributed by atoms with Gasteiger partial charge in [-0.3, -0.25) is 9.59 Å². The van der Waals surface area contributed by atoms with Crippen LogP contribution in [0.3, 0.4) is 0 Å². The Labute approximate surface area is 191 Å². The Morgan fingerprint density at radius 1 is 1.00 bits per heavy atom. The first kappa shape index (κ1) is 22.6. The number of halogens is 1. The van der Waals surface area contributed by atoms with Crippen LogP contribution in [0.5, 0.6) is 0 Å². The van der Waals surface area contributed by atoms with Crippen molar-refractivity contribution in [2.75, 3.05) is 26.2 Å². The number of benzene rings is 1. The van der Waals surface area contributed by atoms with E-state index >= 15 is 0 Å². The highest BCUT2D eigenvalue weighted by Crippen LogP contribution is 2.59. The lowest BCUT2D eigenvalue weighted by atomic mass is 9.49. The van der Waals surface area contributed by atoms with E-state index in [-0.39, 0.29) is 11.8 Å². The number of carbonyl (C=O) groups is 2. The highest BCUT2D eigenvalue weighted by molar-refractivity contribution is 6.33. The van der Waals surface area contributed by atoms with Crippen molar-refractivity contribution in [3.05, 3.63) is 34.3 Å². The standard InChI is InChI=1S/C25H36ClN3O2/c1-17(30)28-8-7-27-6-2-3-18-4-5-23(26)22(12-18)24(31)29-16-25-13-19-9-20(14-25)11-21(10-19)15-25/h4-5,12,19-21,27H,2-3,6-11,13-16H2,1H3,(H,28,30)(H,29,31). The minimum atomic E-state index is -0.0315. The lowest BCUT2D eigenvalue weighted by molar-refractivity contribution is -0.118. The van der Waals surface area contributed by atoms with E-state index < -0.39 is 0 Å². The Morgan fingerprint density at radius 3 is 2.32 bits per heavy atom. The number of nitrogens with one attached hydrogen (secondary N) is 3. The molecule has 0 unspecified atom stereocenters. The summed E-state index contributed by atoms with van der Waals surface area (Å²) in [5, 5.41) is 9.88. The summed E-state index contributed by atoms with van der Waals surface area (Å²) in [6, 6.07) is 5.81. The van der Waals surface area contributed by atoms with Gasteiger partial charge in [-0.05, 0) is 98.8 Å². The molecule has 5 nitrogen and oxygen atoms in total. The molecule has 4 aliphatic carbocycles. The normalized spacial score (nSPS) is 28.5. The molecular weight excluding hydrogens is 410 g/mol. The molecule has 0 heterocycles. The summed E-state index contributed by atoms with van der Waals surface area (Å²) in [7, 11) is 0. The number of hydrogen-bond donors (Lipinski definition) is 3. The zero-order valence-electron chi connectivity index (χ0n) is 18.6. The minimum absolute atomic E-state index is 0.00281. The molecule has 4 bridgehead atoms. The quantitative estimate of drug-likeness (QED) is 0.477. The lowest BCUT2D eigenvalue weighted by Gasteiger charge is -2.56. The molecule has 170 valence electrons. The molecule has 1 aromatic carbocycles. The van der Waals surface area contributed by atoms with Crippen molar-refractivity contribution < 1.29 is 9.59 Å². The Hall–Kier alpha value is -1.59. The van der Waals surface area contributed by atoms with Gasteiger partial charge in [0.05, 0.1) is 10.6 Å². The van der Waals surface area contributed by atoms with E-state index in [0.29, 0.717) is 22.5 Å². The second-order valence-electron chi connectivity index (χ2n) is 10.3. The summed E-state index contributed by atoms with van der Waals surface area (Å²) >= 11 is 6.38. The van der Waals surface area contributed by atoms with Crippen LogP contribution in [0.15, 0.2) is 18.2 Å². The van der Waals surface area contributed by atoms with Crippen LogP contribution >= 0.6 is 11.6 Å². The third kappa shape index (κ3) is 5.81. The zero-order valence-corrected chi connectivity index (χ0v) is 19.4. The largest absolute Gasteiger partial charge is 0.355 e. The Morgan fingerprint density at radius 2 is 1.68 bits per heavy atom. The van der Waals surface area contributed by atoms with Gasteiger partial charge in [-0.15, -0.1) is 0 Å². The average Bonchev–Trinajstić information content (AvgIpc) is 2.71. The Kier molecular flexibility index (Phi) is 7.22. The molecule has 4 saturated carbocycles. The van der Waals surface area contributed by atoms with Crippen molar-refractivity contribution in [1.29, 1.82) is 0 Å². The molecule has 31 heavy (non-hydrogen) atoms. The summed E-state index contributed by atoms with van der Waals surface area (Å²) in [5.74, 6) is 2.64. The van der Waals surface area contributed by atoms with E-state index in [1.807, 2.05) is 18.2 Å². The van der Waals surface area contributed by atoms with E-state index in [4.69, 9.17) is 11.6 Å². The van der Waals surface area contributed by atoms with Crippen LogP contribution in [-0.4, -0.2) is 38.0 Å². The number of aryl methyl sites for hydroxylation is 1. The topological polar surface area (TPSA) is 70.2 Å². The van der Waals surface area contributed by atoms with Crippen molar-refractivity contribution in [2.45, 2.75) is 58.3 Å². The average molecular weight is 446 g/mol. The summed E-state index contributed by atoms with van der Waals surface area (Å²) in [6.07, 6.45) is 10.00. The third-order valence-corrected chi connectivity index (χ3v) is 7.89. The molecule has 2 amide bonds. The fraction of sp³-hybridized carbons (Fsp3) is 0.680. The van der Waals surface area contributed by atoms with Gasteiger partial charge in [0, 0.05) is 26.6 Å². The first-order chi connectivity index (χ1) is 14.9. The van der Waals surface area contributed by atoms with Gasteiger partial charge in [-0.1, -0.05) is 17.7 Å². The maximum absolute atomic E-state index is 13.0. The second-order valence-corrected chi connectivity index (χ2v) is 10.7. The molecule has 4 aliphatic rings. The van der Waals surface area contributed by atoms with E-state index in [9.17, 15) is 9.59 Å². The van der Waals surface area contributed by atoms with Gasteiger partial charge in [0.25, 0.3) is 5.91 Å². The fourth-order valence-electron chi connectivity index (χ4n) is 6.64. The van der Waals surface area contributed by atoms with Gasteiger partial charge in [-0.2, -0.15) is 0 Å². The highest BCUT2D eigenvalue weighted by Gasteiger charge is 2.50. The van der Waals surface area contributed by atoms with Crippen LogP contribution in [0, 0.1) is 23.2 Å². The molecule has 4 fully saturated rings. The van der Waals surface area contributed by atoms with Gasteiger partial charge < -0.3 is 16.0 Å². The number of carbonyl (C=O) groups excluding carboxylic acids is 2. The predicted octanol–water partition coefficient (Wildman–Crippen LogP) is 3.94. The van der Waals surface area contributed by atoms with Crippen LogP contribution in [0.4, 0.5) is 0 Å². The van der Waals surface area contributed by atoms with E-state index in [1.165, 1.54) is 45.4 Å². The molecule has 5 rings (SSSR count). The van der Waals surface area contributed by atoms with E-state index in [2.05, 4.69) is 16.0 Å². The first-order valence-corrected chi connectivity index (χ1v) is 12.3. The highest BCUT2D eigenvalue weighted by atomic mass is 35.5. The molecule has 1 aromatic rings. The molecule has 0 atom stereocenters. The van der Waals surface area contributed by atoms with E-state index in [0.717, 1.165) is 55.8 Å². The monoisotopic (exact) mass is 445 g/mol. The van der Waals surface area contributed by atoms with Gasteiger partial charge in [0.2, 0.25) is 5.91 Å². The van der Waals surface area contributed by atoms with Crippen molar-refractivity contribution in [3.63, 3.8) is 0 Å². The third-order valence-electron chi connectivity index (χ3n) is 7.56. The van der Waals surface area contributed by atoms with Crippen molar-refractivity contribution >= 4 is 23.4 Å². The second kappa shape index (κ2) is 9.91. The molecular formula is C25H36ClN3O2.